The lowest BCUT2D eigenvalue weighted by atomic mass is 9.87. The largest absolute Gasteiger partial charge is 0.481 e. The minimum Gasteiger partial charge on any atom is -0.386 e. The smallest absolute Gasteiger partial charge is 0.386 e. The van der Waals surface area contributed by atoms with E-state index in [0.717, 1.165) is 48.2 Å². The Morgan fingerprint density at radius 1 is 0.906 bits per heavy atom. The van der Waals surface area contributed by atoms with Crippen LogP contribution in [0.4, 0.5) is 5.82 Å². The van der Waals surface area contributed by atoms with Crippen molar-refractivity contribution in [2.24, 2.45) is 5.41 Å². The maximum Gasteiger partial charge on any atom is 0.481 e. The topological polar surface area (TPSA) is 364 Å². The first kappa shape index (κ1) is 57.7. The van der Waals surface area contributed by atoms with E-state index in [1.165, 1.54) is 65.2 Å². The summed E-state index contributed by atoms with van der Waals surface area (Å²) in [6.45, 7) is 2.79. The minimum absolute atomic E-state index is 0. The van der Waals surface area contributed by atoms with Gasteiger partial charge in [0.05, 0.1) is 19.5 Å². The molecule has 0 bridgehead atoms. The van der Waals surface area contributed by atoms with Crippen LogP contribution in [0.2, 0.25) is 0 Å². The number of carbonyl (C=O) groups excluding carboxylic acids is 3. The number of aliphatic hydroxyl groups excluding tert-OH is 2. The van der Waals surface area contributed by atoms with Gasteiger partial charge in [-0.3, -0.25) is 32.5 Å². The number of phosphoric ester groups is 3. The highest BCUT2D eigenvalue weighted by molar-refractivity contribution is 8.13. The van der Waals surface area contributed by atoms with Crippen LogP contribution in [-0.2, 0) is 50.7 Å². The van der Waals surface area contributed by atoms with Crippen molar-refractivity contribution >= 4 is 69.1 Å². The Labute approximate surface area is 377 Å². The molecule has 0 radical (unpaired) electrons. The molecule has 1 aliphatic heterocycles. The average molecular weight is 994 g/mol. The standard InChI is InChI=1S/C35H62N7O17P3S.CH4/c1-4-5-6-7-8-9-10-11-12-13-14-15-26(44)63-19-18-37-25(43)16-17-38-33(47)30(46)35(2,3)21-56-62(53,54)59-61(51,52)55-20-24-29(58-60(48,49)50)28(45)34(57-24)42-23-41-27-31(36)39-22-40-32(27)42;/h22-24,28-30,34,45-46H,4-21H2,1-3H3,(H,37,43)(H,38,47)(H,51,52)(H,53,54)(H2,36,39,40)(H2,48,49,50);1H4. The second kappa shape index (κ2) is 27.4. The number of carbonyl (C=O) groups is 3. The number of imidazole rings is 1. The molecule has 28 heteroatoms. The van der Waals surface area contributed by atoms with Gasteiger partial charge in [-0.25, -0.2) is 28.6 Å². The van der Waals surface area contributed by atoms with Crippen LogP contribution < -0.4 is 16.4 Å². The maximum atomic E-state index is 12.7. The van der Waals surface area contributed by atoms with Gasteiger partial charge in [-0.1, -0.05) is 104 Å². The first-order valence-electron chi connectivity index (χ1n) is 20.6. The van der Waals surface area contributed by atoms with Gasteiger partial charge in [0.25, 0.3) is 0 Å². The molecule has 368 valence electrons. The summed E-state index contributed by atoms with van der Waals surface area (Å²) in [6, 6.07) is 0. The molecular weight excluding hydrogens is 927 g/mol. The molecule has 2 aromatic rings. The number of aromatic nitrogens is 4. The third kappa shape index (κ3) is 20.2. The molecule has 7 atom stereocenters. The molecule has 64 heavy (non-hydrogen) atoms. The molecule has 10 N–H and O–H groups in total. The van der Waals surface area contributed by atoms with E-state index in [1.807, 2.05) is 0 Å². The van der Waals surface area contributed by atoms with Crippen LogP contribution in [0.1, 0.15) is 118 Å². The van der Waals surface area contributed by atoms with Crippen molar-refractivity contribution in [2.75, 3.05) is 37.8 Å². The number of anilines is 1. The minimum atomic E-state index is -5.57. The highest BCUT2D eigenvalue weighted by Gasteiger charge is 2.50. The lowest BCUT2D eigenvalue weighted by molar-refractivity contribution is -0.137. The number of amides is 2. The predicted molar refractivity (Wildman–Crippen MR) is 235 cm³/mol. The summed E-state index contributed by atoms with van der Waals surface area (Å²) < 4.78 is 62.3. The van der Waals surface area contributed by atoms with E-state index in [2.05, 4.69) is 41.3 Å². The molecule has 3 rings (SSSR count). The molecular formula is C36H66N7O17P3S. The number of nitrogens with one attached hydrogen (secondary N) is 2. The molecule has 7 unspecified atom stereocenters. The van der Waals surface area contributed by atoms with Crippen molar-refractivity contribution in [3.05, 3.63) is 12.7 Å². The Hall–Kier alpha value is -2.44. The lowest BCUT2D eigenvalue weighted by Gasteiger charge is -2.30. The van der Waals surface area contributed by atoms with Crippen molar-refractivity contribution in [1.82, 2.24) is 30.2 Å². The van der Waals surface area contributed by atoms with E-state index in [9.17, 15) is 57.9 Å². The lowest BCUT2D eigenvalue weighted by Crippen LogP contribution is -2.46. The van der Waals surface area contributed by atoms with Crippen LogP contribution in [0, 0.1) is 5.41 Å². The predicted octanol–water partition coefficient (Wildman–Crippen LogP) is 4.00. The van der Waals surface area contributed by atoms with Crippen molar-refractivity contribution in [2.45, 2.75) is 142 Å². The number of hydrogen-bond acceptors (Lipinski definition) is 18. The van der Waals surface area contributed by atoms with E-state index in [1.54, 1.807) is 0 Å². The summed E-state index contributed by atoms with van der Waals surface area (Å²) in [7, 11) is -16.4. The number of rotatable bonds is 31. The first-order chi connectivity index (χ1) is 29.6. The quantitative estimate of drug-likeness (QED) is 0.0381. The number of phosphoric acid groups is 3. The maximum absolute atomic E-state index is 12.7. The van der Waals surface area contributed by atoms with E-state index in [-0.39, 0.29) is 49.0 Å². The number of unbranched alkanes of at least 4 members (excludes halogenated alkanes) is 10. The van der Waals surface area contributed by atoms with Crippen LogP contribution in [0.15, 0.2) is 12.7 Å². The van der Waals surface area contributed by atoms with Gasteiger partial charge < -0.3 is 50.9 Å². The van der Waals surface area contributed by atoms with E-state index < -0.39 is 84.6 Å². The molecule has 0 aromatic carbocycles. The van der Waals surface area contributed by atoms with Gasteiger partial charge in [-0.2, -0.15) is 4.31 Å². The third-order valence-electron chi connectivity index (χ3n) is 9.75. The fourth-order valence-electron chi connectivity index (χ4n) is 6.30. The Balaban J connectivity index is 0.0000141. The van der Waals surface area contributed by atoms with Crippen molar-refractivity contribution < 1.29 is 80.5 Å². The van der Waals surface area contributed by atoms with Crippen LogP contribution in [0.5, 0.6) is 0 Å². The molecule has 1 aliphatic rings. The van der Waals surface area contributed by atoms with Gasteiger partial charge in [-0.15, -0.1) is 0 Å². The number of nitrogens with zero attached hydrogens (tertiary/aromatic N) is 4. The van der Waals surface area contributed by atoms with Gasteiger partial charge in [0, 0.05) is 37.1 Å². The fourth-order valence-corrected chi connectivity index (χ4v) is 9.85. The van der Waals surface area contributed by atoms with E-state index >= 15 is 0 Å². The molecule has 0 saturated carbocycles. The zero-order valence-corrected chi connectivity index (χ0v) is 39.1. The van der Waals surface area contributed by atoms with Crippen LogP contribution >= 0.6 is 35.2 Å². The Morgan fingerprint density at radius 2 is 1.52 bits per heavy atom. The molecule has 0 spiro atoms. The third-order valence-corrected chi connectivity index (χ3v) is 13.8. The summed E-state index contributed by atoms with van der Waals surface area (Å²) in [4.78, 5) is 88.2. The summed E-state index contributed by atoms with van der Waals surface area (Å²) in [5.41, 5.74) is 4.29. The normalized spacial score (nSPS) is 20.3. The van der Waals surface area contributed by atoms with Crippen LogP contribution in [0.3, 0.4) is 0 Å². The number of aliphatic hydroxyl groups is 2. The van der Waals surface area contributed by atoms with Crippen LogP contribution in [-0.4, -0.2) is 123 Å². The molecule has 0 aliphatic carbocycles. The van der Waals surface area contributed by atoms with E-state index in [4.69, 9.17) is 19.5 Å². The summed E-state index contributed by atoms with van der Waals surface area (Å²) >= 11 is 1.15. The summed E-state index contributed by atoms with van der Waals surface area (Å²) in [5.74, 6) is -1.02. The zero-order valence-electron chi connectivity index (χ0n) is 35.6. The average Bonchev–Trinajstić information content (AvgIpc) is 3.76. The number of nitrogens with two attached hydrogens (primary N) is 1. The van der Waals surface area contributed by atoms with Crippen molar-refractivity contribution in [3.63, 3.8) is 0 Å². The monoisotopic (exact) mass is 993 g/mol. The molecule has 1 saturated heterocycles. The molecule has 2 amide bonds. The first-order valence-corrected chi connectivity index (χ1v) is 26.1. The number of fused-ring (bicyclic) bond motifs is 1. The van der Waals surface area contributed by atoms with Crippen molar-refractivity contribution in [1.29, 1.82) is 0 Å². The summed E-state index contributed by atoms with van der Waals surface area (Å²) in [5, 5.41) is 26.6. The van der Waals surface area contributed by atoms with Gasteiger partial charge in [-0.05, 0) is 6.42 Å². The second-order valence-corrected chi connectivity index (χ2v) is 21.0. The van der Waals surface area contributed by atoms with Gasteiger partial charge in [0.2, 0.25) is 11.8 Å². The Bertz CT molecular complexity index is 1930. The zero-order chi connectivity index (χ0) is 46.8. The molecule has 3 heterocycles. The Morgan fingerprint density at radius 3 is 2.14 bits per heavy atom. The van der Waals surface area contributed by atoms with Crippen molar-refractivity contribution in [3.8, 4) is 0 Å². The fraction of sp³-hybridized carbons (Fsp3) is 0.778. The number of ether oxygens (including phenoxy) is 1. The van der Waals surface area contributed by atoms with Gasteiger partial charge >= 0.3 is 23.5 Å². The second-order valence-electron chi connectivity index (χ2n) is 15.6. The van der Waals surface area contributed by atoms with Gasteiger partial charge in [0.1, 0.15) is 36.3 Å². The number of nitrogen functional groups attached to an aromatic ring is 1. The number of thioether (sulfide) groups is 1. The number of hydrogen-bond donors (Lipinski definition) is 9. The van der Waals surface area contributed by atoms with E-state index in [0.29, 0.717) is 12.2 Å². The molecule has 1 fully saturated rings. The SMILES string of the molecule is C.CCCCCCCCCCCCCC(=O)SCCNC(=O)CCNC(=O)C(O)C(C)(C)COP(=O)(O)OP(=O)(O)OCC1OC(n2cnc3c(N)ncnc32)C(O)C1OP(=O)(O)O. The highest BCUT2D eigenvalue weighted by atomic mass is 32.2. The Kier molecular flexibility index (Phi) is 24.7. The summed E-state index contributed by atoms with van der Waals surface area (Å²) in [6.07, 6.45) is 6.75. The molecule has 24 nitrogen and oxygen atoms in total. The molecule has 2 aromatic heterocycles. The van der Waals surface area contributed by atoms with Crippen LogP contribution in [0.25, 0.3) is 11.2 Å². The van der Waals surface area contributed by atoms with Gasteiger partial charge in [0.15, 0.2) is 22.8 Å². The highest BCUT2D eigenvalue weighted by Crippen LogP contribution is 2.61.